The Balaban J connectivity index is 1.96. The van der Waals surface area contributed by atoms with Gasteiger partial charge in [0.15, 0.2) is 0 Å². The Morgan fingerprint density at radius 2 is 2.00 bits per heavy atom. The van der Waals surface area contributed by atoms with E-state index in [1.54, 1.807) is 11.3 Å². The van der Waals surface area contributed by atoms with Gasteiger partial charge in [-0.3, -0.25) is 0 Å². The van der Waals surface area contributed by atoms with E-state index in [0.29, 0.717) is 0 Å². The summed E-state index contributed by atoms with van der Waals surface area (Å²) in [6, 6.07) is 13.4. The van der Waals surface area contributed by atoms with Crippen LogP contribution in [0.2, 0.25) is 0 Å². The normalized spacial score (nSPS) is 12.5. The summed E-state index contributed by atoms with van der Waals surface area (Å²) in [5, 5.41) is 4.88. The Kier molecular flexibility index (Phi) is 5.22. The maximum atomic E-state index is 3.60. The Morgan fingerprint density at radius 1 is 1.15 bits per heavy atom. The first-order chi connectivity index (χ1) is 13.2. The van der Waals surface area contributed by atoms with Crippen molar-refractivity contribution in [2.75, 3.05) is 0 Å². The van der Waals surface area contributed by atoms with E-state index < -0.39 is 0 Å². The highest BCUT2D eigenvalue weighted by atomic mass is 32.1. The van der Waals surface area contributed by atoms with Crippen molar-refractivity contribution in [1.29, 1.82) is 0 Å². The maximum absolute atomic E-state index is 3.60. The summed E-state index contributed by atoms with van der Waals surface area (Å²) in [6.45, 7) is 7.78. The van der Waals surface area contributed by atoms with Crippen molar-refractivity contribution in [1.82, 2.24) is 9.55 Å². The molecule has 0 unspecified atom stereocenters. The van der Waals surface area contributed by atoms with Crippen molar-refractivity contribution in [2.24, 2.45) is 0 Å². The first-order valence-corrected chi connectivity index (χ1v) is 11.0. The predicted octanol–water partition coefficient (Wildman–Crippen LogP) is 7.52. The van der Waals surface area contributed by atoms with Crippen LogP contribution in [0.3, 0.4) is 0 Å². The zero-order valence-electron chi connectivity index (χ0n) is 16.5. The van der Waals surface area contributed by atoms with Crippen molar-refractivity contribution in [3.63, 3.8) is 0 Å². The monoisotopic (exact) mass is 376 g/mol. The molecule has 3 heterocycles. The number of nitrogens with zero attached hydrogens (tertiary/aromatic N) is 1. The number of aryl methyl sites for hydroxylation is 2. The smallest absolute Gasteiger partial charge is 0.100 e. The summed E-state index contributed by atoms with van der Waals surface area (Å²) in [7, 11) is 0. The summed E-state index contributed by atoms with van der Waals surface area (Å²) in [6.07, 6.45) is 7.18. The van der Waals surface area contributed by atoms with Crippen LogP contribution >= 0.6 is 11.3 Å². The van der Waals surface area contributed by atoms with Crippen LogP contribution in [0.25, 0.3) is 26.7 Å². The second-order valence-corrected chi connectivity index (χ2v) is 8.20. The third kappa shape index (κ3) is 3.25. The Labute approximate surface area is 165 Å². The molecule has 0 atom stereocenters. The largest absolute Gasteiger partial charge is 0.350 e. The minimum atomic E-state index is 1.05. The molecule has 2 nitrogen and oxygen atoms in total. The van der Waals surface area contributed by atoms with E-state index in [-0.39, 0.29) is 0 Å². The van der Waals surface area contributed by atoms with Gasteiger partial charge in [0.2, 0.25) is 0 Å². The van der Waals surface area contributed by atoms with Gasteiger partial charge in [-0.15, -0.1) is 11.3 Å². The van der Waals surface area contributed by atoms with Crippen LogP contribution in [-0.2, 0) is 6.54 Å². The number of aromatic nitrogens is 2. The van der Waals surface area contributed by atoms with E-state index in [0.717, 1.165) is 19.4 Å². The lowest BCUT2D eigenvalue weighted by molar-refractivity contribution is 0.696. The molecule has 0 aliphatic rings. The second kappa shape index (κ2) is 7.77. The van der Waals surface area contributed by atoms with Crippen LogP contribution in [0.5, 0.6) is 0 Å². The maximum Gasteiger partial charge on any atom is 0.100 e. The van der Waals surface area contributed by atoms with Crippen LogP contribution in [0.15, 0.2) is 47.9 Å². The van der Waals surface area contributed by atoms with Gasteiger partial charge in [0.1, 0.15) is 4.83 Å². The van der Waals surface area contributed by atoms with Crippen molar-refractivity contribution in [2.45, 2.75) is 53.0 Å². The third-order valence-corrected chi connectivity index (χ3v) is 6.15. The van der Waals surface area contributed by atoms with Gasteiger partial charge < -0.3 is 9.55 Å². The summed E-state index contributed by atoms with van der Waals surface area (Å²) >= 11 is 1.79. The molecule has 0 bridgehead atoms. The number of aromatic amines is 1. The lowest BCUT2D eigenvalue weighted by Crippen LogP contribution is -2.03. The molecule has 0 amide bonds. The quantitative estimate of drug-likeness (QED) is 0.322. The van der Waals surface area contributed by atoms with Crippen LogP contribution in [0, 0.1) is 6.92 Å². The van der Waals surface area contributed by atoms with E-state index in [1.165, 1.54) is 56.5 Å². The Hall–Kier alpha value is -2.26. The standard InChI is InChI=1S/C24H28N2S/c1-4-6-7-11-19(23-17(3)25-24-20(23)13-15-27-24)22-16-18-10-8-9-12-21(18)26(22)14-5-2/h8-13,15-16,25H,4-7,14H2,1-3H3/b19-11+. The highest BCUT2D eigenvalue weighted by molar-refractivity contribution is 7.16. The zero-order chi connectivity index (χ0) is 18.8. The van der Waals surface area contributed by atoms with Gasteiger partial charge in [0.05, 0.1) is 0 Å². The Bertz CT molecular complexity index is 1090. The molecule has 0 radical (unpaired) electrons. The van der Waals surface area contributed by atoms with Crippen LogP contribution in [0.1, 0.15) is 56.5 Å². The minimum absolute atomic E-state index is 1.05. The third-order valence-electron chi connectivity index (χ3n) is 5.32. The molecule has 0 spiro atoms. The molecular formula is C24H28N2S. The second-order valence-electron chi connectivity index (χ2n) is 7.29. The molecular weight excluding hydrogens is 348 g/mol. The number of hydrogen-bond acceptors (Lipinski definition) is 1. The molecule has 3 heteroatoms. The molecule has 1 N–H and O–H groups in total. The fourth-order valence-electron chi connectivity index (χ4n) is 4.07. The van der Waals surface area contributed by atoms with E-state index in [9.17, 15) is 0 Å². The molecule has 0 saturated heterocycles. The van der Waals surface area contributed by atoms with E-state index in [2.05, 4.69) is 78.2 Å². The SMILES string of the molecule is CCCC/C=C(/c1c(C)[nH]c2sccc12)c1cc2ccccc2n1CCC. The van der Waals surface area contributed by atoms with Crippen molar-refractivity contribution >= 4 is 38.0 Å². The van der Waals surface area contributed by atoms with Crippen LogP contribution in [0.4, 0.5) is 0 Å². The first-order valence-electron chi connectivity index (χ1n) is 10.1. The van der Waals surface area contributed by atoms with Crippen molar-refractivity contribution in [3.8, 4) is 0 Å². The number of thiophene rings is 1. The highest BCUT2D eigenvalue weighted by Gasteiger charge is 2.19. The number of fused-ring (bicyclic) bond motifs is 2. The average Bonchev–Trinajstić information content (AvgIpc) is 3.33. The molecule has 3 aromatic heterocycles. The molecule has 1 aromatic carbocycles. The molecule has 27 heavy (non-hydrogen) atoms. The van der Waals surface area contributed by atoms with Crippen LogP contribution in [-0.4, -0.2) is 9.55 Å². The van der Waals surface area contributed by atoms with Gasteiger partial charge in [0.25, 0.3) is 0 Å². The van der Waals surface area contributed by atoms with Gasteiger partial charge in [-0.1, -0.05) is 51.0 Å². The van der Waals surface area contributed by atoms with Crippen molar-refractivity contribution in [3.05, 3.63) is 64.8 Å². The van der Waals surface area contributed by atoms with Gasteiger partial charge in [-0.2, -0.15) is 0 Å². The zero-order valence-corrected chi connectivity index (χ0v) is 17.3. The van der Waals surface area contributed by atoms with E-state index >= 15 is 0 Å². The lowest BCUT2D eigenvalue weighted by Gasteiger charge is -2.14. The van der Waals surface area contributed by atoms with Gasteiger partial charge in [-0.25, -0.2) is 0 Å². The fourth-order valence-corrected chi connectivity index (χ4v) is 4.92. The topological polar surface area (TPSA) is 20.7 Å². The summed E-state index contributed by atoms with van der Waals surface area (Å²) in [4.78, 5) is 4.88. The number of unbranched alkanes of at least 4 members (excludes halogenated alkanes) is 2. The molecule has 0 fully saturated rings. The predicted molar refractivity (Wildman–Crippen MR) is 120 cm³/mol. The first kappa shape index (κ1) is 18.1. The molecule has 0 aliphatic carbocycles. The Morgan fingerprint density at radius 3 is 2.81 bits per heavy atom. The summed E-state index contributed by atoms with van der Waals surface area (Å²) in [5.74, 6) is 0. The van der Waals surface area contributed by atoms with E-state index in [1.807, 2.05) is 0 Å². The van der Waals surface area contributed by atoms with Gasteiger partial charge in [-0.05, 0) is 43.3 Å². The molecule has 4 rings (SSSR count). The van der Waals surface area contributed by atoms with Crippen molar-refractivity contribution < 1.29 is 0 Å². The average molecular weight is 377 g/mol. The minimum Gasteiger partial charge on any atom is -0.350 e. The number of nitrogens with one attached hydrogen (secondary N) is 1. The summed E-state index contributed by atoms with van der Waals surface area (Å²) < 4.78 is 2.51. The number of H-pyrrole nitrogens is 1. The summed E-state index contributed by atoms with van der Waals surface area (Å²) in [5.41, 5.74) is 6.72. The van der Waals surface area contributed by atoms with Gasteiger partial charge in [0, 0.05) is 45.4 Å². The number of hydrogen-bond donors (Lipinski definition) is 1. The number of benzene rings is 1. The molecule has 0 aliphatic heterocycles. The number of para-hydroxylation sites is 1. The number of rotatable bonds is 7. The lowest BCUT2D eigenvalue weighted by atomic mass is 9.98. The molecule has 0 saturated carbocycles. The number of allylic oxidation sites excluding steroid dienone is 1. The van der Waals surface area contributed by atoms with Crippen LogP contribution < -0.4 is 0 Å². The van der Waals surface area contributed by atoms with E-state index in [4.69, 9.17) is 0 Å². The fraction of sp³-hybridized carbons (Fsp3) is 0.333. The van der Waals surface area contributed by atoms with Gasteiger partial charge >= 0.3 is 0 Å². The highest BCUT2D eigenvalue weighted by Crippen LogP contribution is 2.37. The molecule has 140 valence electrons. The molecule has 4 aromatic rings.